The number of ether oxygens (including phenoxy) is 1. The van der Waals surface area contributed by atoms with Crippen LogP contribution in [0.15, 0.2) is 6.07 Å². The largest absolute Gasteiger partial charge is 0.381 e. The van der Waals surface area contributed by atoms with Crippen LogP contribution in [0.25, 0.3) is 0 Å². The van der Waals surface area contributed by atoms with Gasteiger partial charge in [-0.25, -0.2) is 8.78 Å². The van der Waals surface area contributed by atoms with Crippen LogP contribution in [-0.4, -0.2) is 13.2 Å². The van der Waals surface area contributed by atoms with Crippen LogP contribution in [0, 0.1) is 29.4 Å². The van der Waals surface area contributed by atoms with E-state index in [0.717, 1.165) is 75.3 Å². The van der Waals surface area contributed by atoms with Crippen molar-refractivity contribution in [3.05, 3.63) is 34.4 Å². The Labute approximate surface area is 162 Å². The summed E-state index contributed by atoms with van der Waals surface area (Å²) < 4.78 is 36.0. The van der Waals surface area contributed by atoms with E-state index in [1.807, 2.05) is 0 Å². The van der Waals surface area contributed by atoms with E-state index in [1.54, 1.807) is 13.2 Å². The fourth-order valence-electron chi connectivity index (χ4n) is 6.29. The second-order valence-electron chi connectivity index (χ2n) is 9.32. The smallest absolute Gasteiger partial charge is 0.133 e. The molecule has 0 spiro atoms. The molecule has 0 heterocycles. The first kappa shape index (κ1) is 19.4. The Balaban J connectivity index is 1.53. The van der Waals surface area contributed by atoms with E-state index in [9.17, 15) is 0 Å². The minimum atomic E-state index is -0.280. The molecule has 0 bridgehead atoms. The van der Waals surface area contributed by atoms with E-state index >= 15 is 8.78 Å². The van der Waals surface area contributed by atoms with Crippen molar-refractivity contribution < 1.29 is 13.5 Å². The SMILES string of the molecule is CCCC1CCc2c(cc(F)c(C3CCC4CC(OC)CCC4C3)c2F)C1. The van der Waals surface area contributed by atoms with Gasteiger partial charge in [0.1, 0.15) is 11.6 Å². The Kier molecular flexibility index (Phi) is 5.87. The second-order valence-corrected chi connectivity index (χ2v) is 9.32. The van der Waals surface area contributed by atoms with Gasteiger partial charge in [-0.2, -0.15) is 0 Å². The lowest BCUT2D eigenvalue weighted by Gasteiger charge is -2.42. The third kappa shape index (κ3) is 3.81. The van der Waals surface area contributed by atoms with E-state index in [-0.39, 0.29) is 17.6 Å². The van der Waals surface area contributed by atoms with Gasteiger partial charge in [0, 0.05) is 12.7 Å². The van der Waals surface area contributed by atoms with Gasteiger partial charge in [-0.15, -0.1) is 0 Å². The molecule has 2 fully saturated rings. The van der Waals surface area contributed by atoms with Gasteiger partial charge in [0.05, 0.1) is 6.10 Å². The van der Waals surface area contributed by atoms with Gasteiger partial charge in [0.2, 0.25) is 0 Å². The Bertz CT molecular complexity index is 671. The van der Waals surface area contributed by atoms with Gasteiger partial charge >= 0.3 is 0 Å². The highest BCUT2D eigenvalue weighted by Gasteiger charge is 2.38. The van der Waals surface area contributed by atoms with E-state index in [4.69, 9.17) is 4.74 Å². The normalized spacial score (nSPS) is 33.4. The molecule has 3 aliphatic rings. The first-order valence-corrected chi connectivity index (χ1v) is 11.1. The van der Waals surface area contributed by atoms with Gasteiger partial charge in [-0.05, 0) is 98.7 Å². The predicted molar refractivity (Wildman–Crippen MR) is 105 cm³/mol. The van der Waals surface area contributed by atoms with E-state index in [2.05, 4.69) is 6.92 Å². The van der Waals surface area contributed by atoms with Gasteiger partial charge < -0.3 is 4.74 Å². The molecule has 0 saturated heterocycles. The zero-order chi connectivity index (χ0) is 19.0. The quantitative estimate of drug-likeness (QED) is 0.577. The maximum Gasteiger partial charge on any atom is 0.133 e. The lowest BCUT2D eigenvalue weighted by atomic mass is 9.65. The van der Waals surface area contributed by atoms with Gasteiger partial charge in [0.25, 0.3) is 0 Å². The molecule has 2 saturated carbocycles. The number of fused-ring (bicyclic) bond motifs is 2. The van der Waals surface area contributed by atoms with Crippen LogP contribution in [0.5, 0.6) is 0 Å². The number of hydrogen-bond donors (Lipinski definition) is 0. The van der Waals surface area contributed by atoms with Crippen LogP contribution >= 0.6 is 0 Å². The summed E-state index contributed by atoms with van der Waals surface area (Å²) in [6.07, 6.45) is 11.7. The third-order valence-corrected chi connectivity index (χ3v) is 7.76. The highest BCUT2D eigenvalue weighted by molar-refractivity contribution is 5.39. The number of halogens is 2. The summed E-state index contributed by atoms with van der Waals surface area (Å²) in [4.78, 5) is 0. The summed E-state index contributed by atoms with van der Waals surface area (Å²) in [7, 11) is 1.81. The molecule has 3 heteroatoms. The zero-order valence-corrected chi connectivity index (χ0v) is 16.9. The summed E-state index contributed by atoms with van der Waals surface area (Å²) in [5.74, 6) is 1.46. The molecule has 4 rings (SSSR count). The molecule has 5 atom stereocenters. The number of methoxy groups -OCH3 is 1. The first-order valence-electron chi connectivity index (χ1n) is 11.1. The summed E-state index contributed by atoms with van der Waals surface area (Å²) in [5, 5.41) is 0. The van der Waals surface area contributed by atoms with Crippen molar-refractivity contribution in [1.29, 1.82) is 0 Å². The molecule has 3 aliphatic carbocycles. The maximum atomic E-state index is 15.4. The van der Waals surface area contributed by atoms with Crippen LogP contribution in [0.1, 0.15) is 87.3 Å². The lowest BCUT2D eigenvalue weighted by Crippen LogP contribution is -2.33. The molecule has 1 nitrogen and oxygen atoms in total. The van der Waals surface area contributed by atoms with Crippen molar-refractivity contribution in [3.8, 4) is 0 Å². The van der Waals surface area contributed by atoms with Crippen LogP contribution in [0.2, 0.25) is 0 Å². The van der Waals surface area contributed by atoms with Crippen LogP contribution in [0.3, 0.4) is 0 Å². The first-order chi connectivity index (χ1) is 13.1. The summed E-state index contributed by atoms with van der Waals surface area (Å²) in [5.41, 5.74) is 2.17. The Morgan fingerprint density at radius 3 is 2.59 bits per heavy atom. The number of hydrogen-bond acceptors (Lipinski definition) is 1. The minimum Gasteiger partial charge on any atom is -0.381 e. The fraction of sp³-hybridized carbons (Fsp3) is 0.750. The molecule has 5 unspecified atom stereocenters. The highest BCUT2D eigenvalue weighted by Crippen LogP contribution is 2.48. The molecule has 1 aromatic carbocycles. The highest BCUT2D eigenvalue weighted by atomic mass is 19.1. The van der Waals surface area contributed by atoms with E-state index in [0.29, 0.717) is 29.4 Å². The molecule has 0 N–H and O–H groups in total. The Morgan fingerprint density at radius 2 is 1.81 bits per heavy atom. The summed E-state index contributed by atoms with van der Waals surface area (Å²) >= 11 is 0. The van der Waals surface area contributed by atoms with E-state index < -0.39 is 0 Å². The van der Waals surface area contributed by atoms with Crippen molar-refractivity contribution in [1.82, 2.24) is 0 Å². The number of rotatable bonds is 4. The van der Waals surface area contributed by atoms with Crippen LogP contribution in [0.4, 0.5) is 8.78 Å². The second kappa shape index (κ2) is 8.19. The van der Waals surface area contributed by atoms with Crippen molar-refractivity contribution >= 4 is 0 Å². The van der Waals surface area contributed by atoms with Crippen molar-refractivity contribution in [3.63, 3.8) is 0 Å². The van der Waals surface area contributed by atoms with Crippen LogP contribution < -0.4 is 0 Å². The standard InChI is InChI=1S/C24H34F2O/c1-3-4-15-5-10-21-19(11-15)14-22(25)23(24(21)26)18-7-6-17-13-20(27-2)9-8-16(17)12-18/h14-18,20H,3-13H2,1-2H3. The van der Waals surface area contributed by atoms with Crippen molar-refractivity contribution in [2.45, 2.75) is 89.6 Å². The molecule has 0 aliphatic heterocycles. The minimum absolute atomic E-state index is 0.0593. The molecule has 0 aromatic heterocycles. The lowest BCUT2D eigenvalue weighted by molar-refractivity contribution is 0.0119. The van der Waals surface area contributed by atoms with E-state index in [1.165, 1.54) is 6.42 Å². The molecular weight excluding hydrogens is 342 g/mol. The molecule has 0 amide bonds. The molecule has 150 valence electrons. The average molecular weight is 377 g/mol. The molecule has 27 heavy (non-hydrogen) atoms. The Hall–Kier alpha value is -0.960. The average Bonchev–Trinajstić information content (AvgIpc) is 2.67. The van der Waals surface area contributed by atoms with Gasteiger partial charge in [0.15, 0.2) is 0 Å². The molecular formula is C24H34F2O. The summed E-state index contributed by atoms with van der Waals surface area (Å²) in [6, 6.07) is 1.68. The molecule has 0 radical (unpaired) electrons. The van der Waals surface area contributed by atoms with Crippen molar-refractivity contribution in [2.24, 2.45) is 17.8 Å². The zero-order valence-electron chi connectivity index (χ0n) is 16.9. The van der Waals surface area contributed by atoms with Gasteiger partial charge in [-0.1, -0.05) is 19.8 Å². The summed E-state index contributed by atoms with van der Waals surface area (Å²) in [6.45, 7) is 2.19. The fourth-order valence-corrected chi connectivity index (χ4v) is 6.29. The predicted octanol–water partition coefficient (Wildman–Crippen LogP) is 6.57. The van der Waals surface area contributed by atoms with Gasteiger partial charge in [-0.3, -0.25) is 0 Å². The Morgan fingerprint density at radius 1 is 1.04 bits per heavy atom. The topological polar surface area (TPSA) is 9.23 Å². The number of benzene rings is 1. The van der Waals surface area contributed by atoms with Crippen molar-refractivity contribution in [2.75, 3.05) is 7.11 Å². The van der Waals surface area contributed by atoms with Crippen LogP contribution in [-0.2, 0) is 17.6 Å². The molecule has 1 aromatic rings. The third-order valence-electron chi connectivity index (χ3n) is 7.76. The monoisotopic (exact) mass is 376 g/mol. The maximum absolute atomic E-state index is 15.4.